The highest BCUT2D eigenvalue weighted by molar-refractivity contribution is 5.85. The van der Waals surface area contributed by atoms with Gasteiger partial charge in [0, 0.05) is 18.6 Å². The Labute approximate surface area is 117 Å². The fourth-order valence-electron chi connectivity index (χ4n) is 1.54. The molecule has 1 amide bonds. The van der Waals surface area contributed by atoms with Crippen molar-refractivity contribution in [2.75, 3.05) is 13.1 Å². The molecule has 0 aromatic heterocycles. The van der Waals surface area contributed by atoms with Crippen molar-refractivity contribution >= 4 is 18.5 Å². The maximum atomic E-state index is 11.4. The van der Waals surface area contributed by atoms with Crippen LogP contribution in [0.5, 0.6) is 0 Å². The number of nitrogens with one attached hydrogen (secondary N) is 1. The molecule has 18 heavy (non-hydrogen) atoms. The molecule has 2 atom stereocenters. The van der Waals surface area contributed by atoms with E-state index in [9.17, 15) is 4.79 Å². The summed E-state index contributed by atoms with van der Waals surface area (Å²) in [4.78, 5) is 13.1. The van der Waals surface area contributed by atoms with E-state index in [4.69, 9.17) is 4.74 Å². The Morgan fingerprint density at radius 1 is 1.28 bits per heavy atom. The van der Waals surface area contributed by atoms with Crippen molar-refractivity contribution in [1.82, 2.24) is 10.2 Å². The van der Waals surface area contributed by atoms with Gasteiger partial charge in [-0.15, -0.1) is 12.4 Å². The lowest BCUT2D eigenvalue weighted by Crippen LogP contribution is -2.51. The summed E-state index contributed by atoms with van der Waals surface area (Å²) in [6.45, 7) is 12.0. The Bertz CT molecular complexity index is 262. The van der Waals surface area contributed by atoms with Crippen LogP contribution in [0.4, 0.5) is 4.79 Å². The quantitative estimate of drug-likeness (QED) is 0.741. The molecule has 0 radical (unpaired) electrons. The zero-order chi connectivity index (χ0) is 13.1. The normalized spacial score (nSPS) is 25.7. The van der Waals surface area contributed by atoms with Gasteiger partial charge in [0.25, 0.3) is 0 Å². The minimum atomic E-state index is -0.369. The van der Waals surface area contributed by atoms with Gasteiger partial charge in [-0.3, -0.25) is 0 Å². The van der Waals surface area contributed by atoms with Crippen molar-refractivity contribution in [1.29, 1.82) is 0 Å². The van der Waals surface area contributed by atoms with Crippen LogP contribution in [0, 0.1) is 0 Å². The van der Waals surface area contributed by atoms with Gasteiger partial charge in [0.1, 0.15) is 5.60 Å². The van der Waals surface area contributed by atoms with Gasteiger partial charge in [0.15, 0.2) is 0 Å². The van der Waals surface area contributed by atoms with Crippen LogP contribution < -0.4 is 5.32 Å². The Morgan fingerprint density at radius 3 is 1.94 bits per heavy atom. The first-order chi connectivity index (χ1) is 7.79. The zero-order valence-corrected chi connectivity index (χ0v) is 13.0. The largest absolute Gasteiger partial charge is 0.444 e. The average Bonchev–Trinajstić information content (AvgIpc) is 2.10. The van der Waals surface area contributed by atoms with E-state index in [1.165, 1.54) is 13.0 Å². The molecule has 0 aromatic rings. The molecular weight excluding hydrogens is 252 g/mol. The molecule has 0 aromatic carbocycles. The molecule has 5 heteroatoms. The summed E-state index contributed by atoms with van der Waals surface area (Å²) < 4.78 is 5.20. The van der Waals surface area contributed by atoms with Crippen molar-refractivity contribution in [3.05, 3.63) is 0 Å². The zero-order valence-electron chi connectivity index (χ0n) is 12.2. The van der Waals surface area contributed by atoms with E-state index in [0.717, 1.165) is 19.0 Å². The van der Waals surface area contributed by atoms with Crippen LogP contribution in [0.25, 0.3) is 0 Å². The first kappa shape index (κ1) is 17.5. The van der Waals surface area contributed by atoms with Gasteiger partial charge >= 0.3 is 6.09 Å². The van der Waals surface area contributed by atoms with E-state index in [1.54, 1.807) is 4.90 Å². The number of nitrogens with zero attached hydrogens (tertiary/aromatic N) is 1. The van der Waals surface area contributed by atoms with Crippen molar-refractivity contribution in [2.45, 2.75) is 65.1 Å². The molecule has 4 nitrogen and oxygen atoms in total. The Balaban J connectivity index is 0.000000405. The SMILES string of the molecule is CC1CCN1.CC1CCN1C(=O)OC(C)(C)C.Cl. The number of rotatable bonds is 0. The number of ether oxygens (including phenoxy) is 1. The number of likely N-dealkylation sites (tertiary alicyclic amines) is 1. The van der Waals surface area contributed by atoms with Crippen LogP contribution in [0.15, 0.2) is 0 Å². The number of amides is 1. The van der Waals surface area contributed by atoms with E-state index in [0.29, 0.717) is 6.04 Å². The van der Waals surface area contributed by atoms with Crippen molar-refractivity contribution in [3.8, 4) is 0 Å². The summed E-state index contributed by atoms with van der Waals surface area (Å²) in [7, 11) is 0. The standard InChI is InChI=1S/C9H17NO2.C4H9N.ClH/c1-7-5-6-10(7)8(11)12-9(2,3)4;1-4-2-3-5-4;/h7H,5-6H2,1-4H3;4-5H,2-3H2,1H3;1H. The number of hydrogen-bond acceptors (Lipinski definition) is 3. The molecule has 2 heterocycles. The number of carbonyl (C=O) groups is 1. The van der Waals surface area contributed by atoms with Gasteiger partial charge in [0.05, 0.1) is 0 Å². The smallest absolute Gasteiger partial charge is 0.410 e. The van der Waals surface area contributed by atoms with E-state index >= 15 is 0 Å². The summed E-state index contributed by atoms with van der Waals surface area (Å²) in [5, 5.41) is 3.21. The second kappa shape index (κ2) is 7.19. The van der Waals surface area contributed by atoms with E-state index in [-0.39, 0.29) is 24.1 Å². The van der Waals surface area contributed by atoms with Gasteiger partial charge in [-0.25, -0.2) is 4.79 Å². The van der Waals surface area contributed by atoms with Gasteiger partial charge in [-0.05, 0) is 54.0 Å². The van der Waals surface area contributed by atoms with Gasteiger partial charge in [-0.2, -0.15) is 0 Å². The number of carbonyl (C=O) groups excluding carboxylic acids is 1. The monoisotopic (exact) mass is 278 g/mol. The maximum absolute atomic E-state index is 11.4. The lowest BCUT2D eigenvalue weighted by Gasteiger charge is -2.39. The third kappa shape index (κ3) is 5.91. The van der Waals surface area contributed by atoms with Crippen molar-refractivity contribution in [3.63, 3.8) is 0 Å². The lowest BCUT2D eigenvalue weighted by molar-refractivity contribution is -0.00172. The van der Waals surface area contributed by atoms with Crippen LogP contribution in [0.1, 0.15) is 47.5 Å². The fourth-order valence-corrected chi connectivity index (χ4v) is 1.54. The summed E-state index contributed by atoms with van der Waals surface area (Å²) in [6, 6.07) is 1.18. The molecule has 0 saturated carbocycles. The summed E-state index contributed by atoms with van der Waals surface area (Å²) >= 11 is 0. The molecule has 2 rings (SSSR count). The van der Waals surface area contributed by atoms with Crippen LogP contribution >= 0.6 is 12.4 Å². The maximum Gasteiger partial charge on any atom is 0.410 e. The lowest BCUT2D eigenvalue weighted by atomic mass is 10.1. The summed E-state index contributed by atoms with van der Waals surface area (Å²) in [5.41, 5.74) is -0.369. The van der Waals surface area contributed by atoms with Crippen LogP contribution in [0.2, 0.25) is 0 Å². The molecule has 0 spiro atoms. The first-order valence-corrected chi connectivity index (χ1v) is 6.52. The molecule has 0 aliphatic carbocycles. The minimum absolute atomic E-state index is 0. The van der Waals surface area contributed by atoms with E-state index < -0.39 is 0 Å². The molecule has 2 unspecified atom stereocenters. The van der Waals surface area contributed by atoms with Crippen LogP contribution in [-0.4, -0.2) is 41.8 Å². The van der Waals surface area contributed by atoms with E-state index in [1.807, 2.05) is 27.7 Å². The highest BCUT2D eigenvalue weighted by Gasteiger charge is 2.31. The average molecular weight is 279 g/mol. The van der Waals surface area contributed by atoms with Crippen molar-refractivity contribution in [2.24, 2.45) is 0 Å². The summed E-state index contributed by atoms with van der Waals surface area (Å²) in [6.07, 6.45) is 2.29. The number of hydrogen-bond donors (Lipinski definition) is 1. The van der Waals surface area contributed by atoms with Crippen molar-refractivity contribution < 1.29 is 9.53 Å². The number of halogens is 1. The van der Waals surface area contributed by atoms with Gasteiger partial charge < -0.3 is 15.0 Å². The molecule has 2 aliphatic heterocycles. The molecular formula is C13H27ClN2O2. The molecule has 2 saturated heterocycles. The highest BCUT2D eigenvalue weighted by Crippen LogP contribution is 2.20. The molecule has 0 bridgehead atoms. The second-order valence-electron chi connectivity index (χ2n) is 5.96. The molecule has 2 fully saturated rings. The first-order valence-electron chi connectivity index (χ1n) is 6.52. The third-order valence-electron chi connectivity index (χ3n) is 3.02. The van der Waals surface area contributed by atoms with Crippen LogP contribution in [0.3, 0.4) is 0 Å². The highest BCUT2D eigenvalue weighted by atomic mass is 35.5. The summed E-state index contributed by atoms with van der Waals surface area (Å²) in [5.74, 6) is 0. The van der Waals surface area contributed by atoms with E-state index in [2.05, 4.69) is 12.2 Å². The second-order valence-corrected chi connectivity index (χ2v) is 5.96. The Hall–Kier alpha value is -0.480. The molecule has 2 aliphatic rings. The Morgan fingerprint density at radius 2 is 1.78 bits per heavy atom. The predicted octanol–water partition coefficient (Wildman–Crippen LogP) is 2.81. The third-order valence-corrected chi connectivity index (χ3v) is 3.02. The topological polar surface area (TPSA) is 41.6 Å². The Kier molecular flexibility index (Phi) is 7.00. The van der Waals surface area contributed by atoms with Crippen LogP contribution in [-0.2, 0) is 4.74 Å². The molecule has 108 valence electrons. The van der Waals surface area contributed by atoms with Gasteiger partial charge in [0.2, 0.25) is 0 Å². The minimum Gasteiger partial charge on any atom is -0.444 e. The fraction of sp³-hybridized carbons (Fsp3) is 0.923. The van der Waals surface area contributed by atoms with Gasteiger partial charge in [-0.1, -0.05) is 0 Å². The predicted molar refractivity (Wildman–Crippen MR) is 76.3 cm³/mol. The molecule has 1 N–H and O–H groups in total.